The van der Waals surface area contributed by atoms with E-state index in [1.165, 1.54) is 25.0 Å². The van der Waals surface area contributed by atoms with Gasteiger partial charge in [0.1, 0.15) is 11.9 Å². The number of carboxylic acids is 2. The molecule has 0 unspecified atom stereocenters. The SMILES string of the molecule is CCc1cc(OC)c(F)c([C@@H](Nc2ccc3c(N)nccc3c2)C(=O)N2CC[C@H](C(=O)O)[C@@H]2c2ccccc2S(=O)(=O)CC)c1.O=C(O)C(F)(F)F. The number of carboxylic acid groups (broad SMARTS) is 2. The van der Waals surface area contributed by atoms with Crippen LogP contribution in [0.25, 0.3) is 10.8 Å². The van der Waals surface area contributed by atoms with Gasteiger partial charge in [-0.25, -0.2) is 22.6 Å². The number of aryl methyl sites for hydroxylation is 1. The van der Waals surface area contributed by atoms with E-state index < -0.39 is 57.7 Å². The van der Waals surface area contributed by atoms with E-state index in [9.17, 15) is 36.3 Å². The van der Waals surface area contributed by atoms with Gasteiger partial charge in [-0.3, -0.25) is 9.59 Å². The molecule has 1 aliphatic rings. The lowest BCUT2D eigenvalue weighted by Crippen LogP contribution is -2.40. The average molecular weight is 749 g/mol. The fraction of sp³-hybridized carbons (Fsp3) is 0.314. The number of carbonyl (C=O) groups is 3. The second-order valence-corrected chi connectivity index (χ2v) is 14.0. The molecule has 4 aromatic rings. The Bertz CT molecular complexity index is 2100. The highest BCUT2D eigenvalue weighted by Crippen LogP contribution is 2.43. The van der Waals surface area contributed by atoms with Crippen molar-refractivity contribution in [2.75, 3.05) is 30.5 Å². The van der Waals surface area contributed by atoms with Crippen LogP contribution in [-0.4, -0.2) is 71.9 Å². The summed E-state index contributed by atoms with van der Waals surface area (Å²) in [5.41, 5.74) is 7.45. The van der Waals surface area contributed by atoms with E-state index in [-0.39, 0.29) is 40.5 Å². The number of methoxy groups -OCH3 is 1. The predicted molar refractivity (Wildman–Crippen MR) is 183 cm³/mol. The first kappa shape index (κ1) is 39.3. The maximum absolute atomic E-state index is 16.1. The minimum atomic E-state index is -5.08. The number of hydrogen-bond acceptors (Lipinski definition) is 9. The van der Waals surface area contributed by atoms with Crippen molar-refractivity contribution in [3.05, 3.63) is 89.4 Å². The molecule has 278 valence electrons. The summed E-state index contributed by atoms with van der Waals surface area (Å²) in [4.78, 5) is 41.5. The summed E-state index contributed by atoms with van der Waals surface area (Å²) in [7, 11) is -2.43. The van der Waals surface area contributed by atoms with Gasteiger partial charge in [0.25, 0.3) is 0 Å². The number of aromatic nitrogens is 1. The lowest BCUT2D eigenvalue weighted by Gasteiger charge is -2.33. The maximum Gasteiger partial charge on any atom is 0.490 e. The Balaban J connectivity index is 0.000000785. The number of halogens is 4. The minimum absolute atomic E-state index is 0.0116. The molecule has 0 radical (unpaired) electrons. The molecule has 1 fully saturated rings. The quantitative estimate of drug-likeness (QED) is 0.144. The summed E-state index contributed by atoms with van der Waals surface area (Å²) in [5.74, 6) is -6.27. The average Bonchev–Trinajstić information content (AvgIpc) is 3.56. The highest BCUT2D eigenvalue weighted by atomic mass is 32.2. The Hall–Kier alpha value is -5.45. The van der Waals surface area contributed by atoms with E-state index in [1.807, 2.05) is 6.92 Å². The zero-order valence-electron chi connectivity index (χ0n) is 28.1. The number of aliphatic carboxylic acids is 2. The van der Waals surface area contributed by atoms with Crippen molar-refractivity contribution < 1.29 is 55.3 Å². The Morgan fingerprint density at radius 2 is 1.75 bits per heavy atom. The molecule has 5 N–H and O–H groups in total. The van der Waals surface area contributed by atoms with Crippen molar-refractivity contribution in [2.45, 2.75) is 49.8 Å². The minimum Gasteiger partial charge on any atom is -0.494 e. The molecule has 3 atom stereocenters. The van der Waals surface area contributed by atoms with Crippen molar-refractivity contribution in [2.24, 2.45) is 5.92 Å². The summed E-state index contributed by atoms with van der Waals surface area (Å²) in [6.45, 7) is 3.41. The molecule has 5 rings (SSSR count). The van der Waals surface area contributed by atoms with Crippen LogP contribution in [0.1, 0.15) is 49.0 Å². The smallest absolute Gasteiger partial charge is 0.490 e. The molecular formula is C35H36F4N4O8S. The number of rotatable bonds is 10. The monoisotopic (exact) mass is 748 g/mol. The predicted octanol–water partition coefficient (Wildman–Crippen LogP) is 5.78. The van der Waals surface area contributed by atoms with Gasteiger partial charge in [-0.2, -0.15) is 13.2 Å². The molecule has 0 bridgehead atoms. The van der Waals surface area contributed by atoms with E-state index in [4.69, 9.17) is 20.4 Å². The second-order valence-electron chi connectivity index (χ2n) is 11.7. The Labute approximate surface area is 296 Å². The first-order valence-corrected chi connectivity index (χ1v) is 17.5. The lowest BCUT2D eigenvalue weighted by molar-refractivity contribution is -0.192. The van der Waals surface area contributed by atoms with Gasteiger partial charge in [-0.05, 0) is 65.8 Å². The van der Waals surface area contributed by atoms with E-state index >= 15 is 4.39 Å². The highest BCUT2D eigenvalue weighted by molar-refractivity contribution is 7.91. The third-order valence-corrected chi connectivity index (χ3v) is 10.4. The zero-order valence-corrected chi connectivity index (χ0v) is 29.0. The number of carbonyl (C=O) groups excluding carboxylic acids is 1. The van der Waals surface area contributed by atoms with Gasteiger partial charge in [0, 0.05) is 29.4 Å². The number of nitrogen functional groups attached to an aromatic ring is 1. The van der Waals surface area contributed by atoms with Gasteiger partial charge in [0.05, 0.1) is 29.7 Å². The number of sulfone groups is 1. The van der Waals surface area contributed by atoms with Gasteiger partial charge in [-0.1, -0.05) is 38.1 Å². The number of nitrogens with zero attached hydrogens (tertiary/aromatic N) is 2. The van der Waals surface area contributed by atoms with Crippen LogP contribution in [0.2, 0.25) is 0 Å². The molecule has 1 amide bonds. The van der Waals surface area contributed by atoms with Gasteiger partial charge in [0.2, 0.25) is 5.91 Å². The van der Waals surface area contributed by atoms with Gasteiger partial charge in [-0.15, -0.1) is 0 Å². The number of ether oxygens (including phenoxy) is 1. The number of benzene rings is 3. The van der Waals surface area contributed by atoms with E-state index in [2.05, 4.69) is 10.3 Å². The fourth-order valence-corrected chi connectivity index (χ4v) is 7.13. The number of likely N-dealkylation sites (tertiary alicyclic amines) is 1. The number of pyridine rings is 1. The molecule has 0 saturated carbocycles. The van der Waals surface area contributed by atoms with E-state index in [0.717, 1.165) is 10.9 Å². The topological polar surface area (TPSA) is 189 Å². The van der Waals surface area contributed by atoms with Crippen LogP contribution in [0.3, 0.4) is 0 Å². The number of anilines is 2. The van der Waals surface area contributed by atoms with Crippen LogP contribution in [0.5, 0.6) is 5.75 Å². The Kier molecular flexibility index (Phi) is 12.0. The summed E-state index contributed by atoms with van der Waals surface area (Å²) >= 11 is 0. The molecule has 2 heterocycles. The van der Waals surface area contributed by atoms with Crippen molar-refractivity contribution >= 4 is 50.0 Å². The largest absolute Gasteiger partial charge is 0.494 e. The molecule has 3 aromatic carbocycles. The Morgan fingerprint density at radius 3 is 2.35 bits per heavy atom. The summed E-state index contributed by atoms with van der Waals surface area (Å²) in [5, 5.41) is 21.9. The number of amides is 1. The van der Waals surface area contributed by atoms with Crippen LogP contribution in [-0.2, 0) is 30.6 Å². The second kappa shape index (κ2) is 15.8. The molecule has 12 nitrogen and oxygen atoms in total. The van der Waals surface area contributed by atoms with Crippen LogP contribution < -0.4 is 15.8 Å². The molecule has 1 saturated heterocycles. The van der Waals surface area contributed by atoms with Gasteiger partial charge < -0.3 is 30.9 Å². The summed E-state index contributed by atoms with van der Waals surface area (Å²) < 4.78 is 79.3. The number of hydrogen-bond donors (Lipinski definition) is 4. The molecular weight excluding hydrogens is 712 g/mol. The van der Waals surface area contributed by atoms with Gasteiger partial charge in [0.15, 0.2) is 21.4 Å². The van der Waals surface area contributed by atoms with Crippen LogP contribution in [0.15, 0.2) is 71.8 Å². The highest BCUT2D eigenvalue weighted by Gasteiger charge is 2.46. The van der Waals surface area contributed by atoms with E-state index in [1.54, 1.807) is 60.8 Å². The van der Waals surface area contributed by atoms with Crippen molar-refractivity contribution in [3.8, 4) is 5.75 Å². The number of nitrogens with two attached hydrogens (primary N) is 1. The molecule has 52 heavy (non-hydrogen) atoms. The standard InChI is InChI=1S/C33H35FN4O6S.C2HF3O2/c1-4-19-16-25(28(34)26(17-19)44-3)29(37-21-10-11-22-20(18-21)12-14-36-31(22)35)32(39)38-15-13-24(33(40)41)30(38)23-8-6-7-9-27(23)45(42,43)5-2;3-2(4,5)1(6)7/h6-12,14,16-18,24,29-30,37H,4-5,13,15H2,1-3H3,(H2,35,36)(H,40,41);(H,6,7)/t24-,29+,30-;/m0./s1. The third-order valence-electron chi connectivity index (χ3n) is 8.61. The summed E-state index contributed by atoms with van der Waals surface area (Å²) in [6, 6.07) is 13.8. The van der Waals surface area contributed by atoms with E-state index in [0.29, 0.717) is 23.3 Å². The Morgan fingerprint density at radius 1 is 1.08 bits per heavy atom. The van der Waals surface area contributed by atoms with Crippen molar-refractivity contribution in [1.29, 1.82) is 0 Å². The zero-order chi connectivity index (χ0) is 38.5. The van der Waals surface area contributed by atoms with Crippen LogP contribution in [0.4, 0.5) is 29.1 Å². The maximum atomic E-state index is 16.1. The van der Waals surface area contributed by atoms with Crippen LogP contribution in [0, 0.1) is 11.7 Å². The fourth-order valence-electron chi connectivity index (χ4n) is 5.98. The molecule has 1 aromatic heterocycles. The van der Waals surface area contributed by atoms with Crippen molar-refractivity contribution in [1.82, 2.24) is 9.88 Å². The lowest BCUT2D eigenvalue weighted by atomic mass is 9.93. The van der Waals surface area contributed by atoms with Crippen LogP contribution >= 0.6 is 0 Å². The number of alkyl halides is 3. The molecule has 0 spiro atoms. The third kappa shape index (κ3) is 8.36. The first-order valence-electron chi connectivity index (χ1n) is 15.9. The molecule has 17 heteroatoms. The number of nitrogens with one attached hydrogen (secondary N) is 1. The molecule has 0 aliphatic carbocycles. The summed E-state index contributed by atoms with van der Waals surface area (Å²) in [6.07, 6.45) is -2.91. The number of fused-ring (bicyclic) bond motifs is 1. The normalized spacial score (nSPS) is 16.5. The first-order chi connectivity index (χ1) is 24.4. The molecule has 1 aliphatic heterocycles. The van der Waals surface area contributed by atoms with Crippen molar-refractivity contribution in [3.63, 3.8) is 0 Å². The van der Waals surface area contributed by atoms with Gasteiger partial charge >= 0.3 is 18.1 Å².